The summed E-state index contributed by atoms with van der Waals surface area (Å²) in [5.74, 6) is 1.08. The molecular weight excluding hydrogens is 336 g/mol. The van der Waals surface area contributed by atoms with Crippen LogP contribution in [0.4, 0.5) is 4.79 Å². The minimum absolute atomic E-state index is 0.0728. The highest BCUT2D eigenvalue weighted by molar-refractivity contribution is 5.80. The van der Waals surface area contributed by atoms with Gasteiger partial charge in [-0.15, -0.1) is 0 Å². The number of nitrogens with one attached hydrogen (secondary N) is 1. The molecule has 0 saturated carbocycles. The molecule has 0 aromatic heterocycles. The second-order valence-electron chi connectivity index (χ2n) is 6.32. The number of carbonyl (C=O) groups is 2. The number of benzene rings is 1. The van der Waals surface area contributed by atoms with Crippen molar-refractivity contribution in [2.24, 2.45) is 5.92 Å². The first-order valence-electron chi connectivity index (χ1n) is 8.94. The first kappa shape index (κ1) is 19.9. The van der Waals surface area contributed by atoms with Crippen LogP contribution >= 0.6 is 0 Å². The molecule has 144 valence electrons. The minimum Gasteiger partial charge on any atom is -0.497 e. The molecule has 2 atom stereocenters. The molecule has 2 rings (SSSR count). The largest absolute Gasteiger partial charge is 0.497 e. The first-order chi connectivity index (χ1) is 12.5. The fraction of sp³-hybridized carbons (Fsp3) is 0.579. The van der Waals surface area contributed by atoms with Crippen molar-refractivity contribution >= 4 is 12.0 Å². The Kier molecular flexibility index (Phi) is 7.12. The Hall–Kier alpha value is -2.44. The van der Waals surface area contributed by atoms with Crippen molar-refractivity contribution < 1.29 is 23.8 Å². The van der Waals surface area contributed by atoms with Crippen LogP contribution in [0.15, 0.2) is 18.2 Å². The normalized spacial score (nSPS) is 18.0. The second-order valence-corrected chi connectivity index (χ2v) is 6.32. The van der Waals surface area contributed by atoms with Gasteiger partial charge in [0.2, 0.25) is 5.91 Å². The lowest BCUT2D eigenvalue weighted by molar-refractivity contribution is -0.127. The van der Waals surface area contributed by atoms with Crippen LogP contribution in [0.1, 0.15) is 38.3 Å². The summed E-state index contributed by atoms with van der Waals surface area (Å²) >= 11 is 0. The number of hydrogen-bond acceptors (Lipinski definition) is 5. The van der Waals surface area contributed by atoms with Crippen LogP contribution in [0.2, 0.25) is 0 Å². The SMILES string of the molecule is CCOC(=O)N1CCCC(C(=O)NC(C)c2cc(OC)ccc2OC)C1. The molecular formula is C19H28N2O5. The van der Waals surface area contributed by atoms with Crippen LogP contribution in [-0.4, -0.2) is 50.8 Å². The molecule has 0 bridgehead atoms. The predicted molar refractivity (Wildman–Crippen MR) is 97.4 cm³/mol. The Morgan fingerprint density at radius 3 is 2.73 bits per heavy atom. The lowest BCUT2D eigenvalue weighted by Crippen LogP contribution is -2.46. The highest BCUT2D eigenvalue weighted by atomic mass is 16.6. The van der Waals surface area contributed by atoms with Gasteiger partial charge in [-0.1, -0.05) is 0 Å². The summed E-state index contributed by atoms with van der Waals surface area (Å²) in [6.45, 7) is 5.02. The number of rotatable bonds is 6. The molecule has 1 aliphatic heterocycles. The van der Waals surface area contributed by atoms with Crippen molar-refractivity contribution in [3.05, 3.63) is 23.8 Å². The summed E-state index contributed by atoms with van der Waals surface area (Å²) in [6.07, 6.45) is 1.18. The quantitative estimate of drug-likeness (QED) is 0.840. The smallest absolute Gasteiger partial charge is 0.409 e. The lowest BCUT2D eigenvalue weighted by Gasteiger charge is -2.32. The lowest BCUT2D eigenvalue weighted by atomic mass is 9.96. The highest BCUT2D eigenvalue weighted by Crippen LogP contribution is 2.29. The molecule has 7 nitrogen and oxygen atoms in total. The van der Waals surface area contributed by atoms with Crippen molar-refractivity contribution in [1.82, 2.24) is 10.2 Å². The standard InChI is InChI=1S/C19H28N2O5/c1-5-26-19(23)21-10-6-7-14(12-21)18(22)20-13(2)16-11-15(24-3)8-9-17(16)25-4/h8-9,11,13-14H,5-7,10,12H2,1-4H3,(H,20,22). The number of hydrogen-bond donors (Lipinski definition) is 1. The molecule has 1 aromatic rings. The van der Waals surface area contributed by atoms with Crippen LogP contribution in [0.5, 0.6) is 11.5 Å². The molecule has 1 heterocycles. The third-order valence-corrected chi connectivity index (χ3v) is 4.58. The van der Waals surface area contributed by atoms with Gasteiger partial charge in [-0.3, -0.25) is 4.79 Å². The van der Waals surface area contributed by atoms with E-state index in [-0.39, 0.29) is 24.0 Å². The Bertz CT molecular complexity index is 634. The molecule has 0 aliphatic carbocycles. The number of carbonyl (C=O) groups excluding carboxylic acids is 2. The third kappa shape index (κ3) is 4.80. The zero-order valence-corrected chi connectivity index (χ0v) is 15.9. The molecule has 0 spiro atoms. The van der Waals surface area contributed by atoms with Crippen LogP contribution in [0.3, 0.4) is 0 Å². The van der Waals surface area contributed by atoms with Gasteiger partial charge in [-0.2, -0.15) is 0 Å². The average molecular weight is 364 g/mol. The topological polar surface area (TPSA) is 77.1 Å². The zero-order chi connectivity index (χ0) is 19.1. The van der Waals surface area contributed by atoms with Crippen molar-refractivity contribution in [2.45, 2.75) is 32.7 Å². The maximum Gasteiger partial charge on any atom is 0.409 e. The monoisotopic (exact) mass is 364 g/mol. The Morgan fingerprint density at radius 2 is 2.08 bits per heavy atom. The Balaban J connectivity index is 2.03. The number of methoxy groups -OCH3 is 2. The highest BCUT2D eigenvalue weighted by Gasteiger charge is 2.30. The molecule has 1 fully saturated rings. The summed E-state index contributed by atoms with van der Waals surface area (Å²) in [5, 5.41) is 3.03. The van der Waals surface area contributed by atoms with Crippen molar-refractivity contribution in [2.75, 3.05) is 33.9 Å². The van der Waals surface area contributed by atoms with Crippen LogP contribution in [0, 0.1) is 5.92 Å². The molecule has 1 N–H and O–H groups in total. The summed E-state index contributed by atoms with van der Waals surface area (Å²) in [6, 6.07) is 5.25. The van der Waals surface area contributed by atoms with E-state index in [4.69, 9.17) is 14.2 Å². The maximum absolute atomic E-state index is 12.7. The first-order valence-corrected chi connectivity index (χ1v) is 8.94. The van der Waals surface area contributed by atoms with Gasteiger partial charge in [0.1, 0.15) is 11.5 Å². The van der Waals surface area contributed by atoms with Gasteiger partial charge in [-0.25, -0.2) is 4.79 Å². The maximum atomic E-state index is 12.7. The molecule has 1 aromatic carbocycles. The minimum atomic E-state index is -0.354. The van der Waals surface area contributed by atoms with E-state index in [0.29, 0.717) is 31.2 Å². The molecule has 1 saturated heterocycles. The van der Waals surface area contributed by atoms with Gasteiger partial charge < -0.3 is 24.4 Å². The molecule has 2 amide bonds. The third-order valence-electron chi connectivity index (χ3n) is 4.58. The van der Waals surface area contributed by atoms with E-state index in [2.05, 4.69) is 5.32 Å². The average Bonchev–Trinajstić information content (AvgIpc) is 2.67. The fourth-order valence-electron chi connectivity index (χ4n) is 3.16. The van der Waals surface area contributed by atoms with E-state index in [0.717, 1.165) is 18.4 Å². The number of likely N-dealkylation sites (tertiary alicyclic amines) is 1. The number of amides is 2. The van der Waals surface area contributed by atoms with Gasteiger partial charge in [0.05, 0.1) is 32.8 Å². The summed E-state index contributed by atoms with van der Waals surface area (Å²) in [4.78, 5) is 26.2. The number of nitrogens with zero attached hydrogens (tertiary/aromatic N) is 1. The van der Waals surface area contributed by atoms with Gasteiger partial charge >= 0.3 is 6.09 Å². The van der Waals surface area contributed by atoms with E-state index in [1.54, 1.807) is 26.0 Å². The Labute approximate surface area is 154 Å². The van der Waals surface area contributed by atoms with E-state index < -0.39 is 0 Å². The Morgan fingerprint density at radius 1 is 1.31 bits per heavy atom. The summed E-state index contributed by atoms with van der Waals surface area (Å²) < 4.78 is 15.7. The van der Waals surface area contributed by atoms with E-state index in [9.17, 15) is 9.59 Å². The van der Waals surface area contributed by atoms with Crippen molar-refractivity contribution in [3.63, 3.8) is 0 Å². The predicted octanol–water partition coefficient (Wildman–Crippen LogP) is 2.75. The summed E-state index contributed by atoms with van der Waals surface area (Å²) in [7, 11) is 3.19. The second kappa shape index (κ2) is 9.31. The fourth-order valence-corrected chi connectivity index (χ4v) is 3.16. The van der Waals surface area contributed by atoms with Gasteiger partial charge in [0.25, 0.3) is 0 Å². The van der Waals surface area contributed by atoms with Gasteiger partial charge in [-0.05, 0) is 44.9 Å². The van der Waals surface area contributed by atoms with E-state index in [1.807, 2.05) is 25.1 Å². The van der Waals surface area contributed by atoms with Crippen LogP contribution in [0.25, 0.3) is 0 Å². The van der Waals surface area contributed by atoms with Crippen molar-refractivity contribution in [3.8, 4) is 11.5 Å². The van der Waals surface area contributed by atoms with E-state index in [1.165, 1.54) is 0 Å². The molecule has 7 heteroatoms. The number of piperidine rings is 1. The molecule has 0 radical (unpaired) electrons. The summed E-state index contributed by atoms with van der Waals surface area (Å²) in [5.41, 5.74) is 0.846. The van der Waals surface area contributed by atoms with E-state index >= 15 is 0 Å². The zero-order valence-electron chi connectivity index (χ0n) is 15.9. The van der Waals surface area contributed by atoms with Crippen LogP contribution < -0.4 is 14.8 Å². The molecule has 2 unspecified atom stereocenters. The van der Waals surface area contributed by atoms with Crippen LogP contribution in [-0.2, 0) is 9.53 Å². The molecule has 1 aliphatic rings. The van der Waals surface area contributed by atoms with Gasteiger partial charge in [0.15, 0.2) is 0 Å². The van der Waals surface area contributed by atoms with Crippen molar-refractivity contribution in [1.29, 1.82) is 0 Å². The van der Waals surface area contributed by atoms with Gasteiger partial charge in [0, 0.05) is 18.7 Å². The number of ether oxygens (including phenoxy) is 3. The molecule has 26 heavy (non-hydrogen) atoms.